The number of nitrogens with zero attached hydrogens (tertiary/aromatic N) is 3. The zero-order valence-corrected chi connectivity index (χ0v) is 16.4. The molecule has 1 heterocycles. The molecule has 0 unspecified atom stereocenters. The lowest BCUT2D eigenvalue weighted by molar-refractivity contribution is 0.373. The molecular formula is C16H24IN5O2. The van der Waals surface area contributed by atoms with Crippen LogP contribution in [0.25, 0.3) is 0 Å². The van der Waals surface area contributed by atoms with Gasteiger partial charge in [-0.2, -0.15) is 5.10 Å². The Morgan fingerprint density at radius 2 is 2.12 bits per heavy atom. The summed E-state index contributed by atoms with van der Waals surface area (Å²) in [6, 6.07) is 7.23. The molecule has 1 aromatic carbocycles. The number of rotatable bonds is 6. The molecule has 24 heavy (non-hydrogen) atoms. The first-order valence-electron chi connectivity index (χ1n) is 7.49. The van der Waals surface area contributed by atoms with Crippen molar-refractivity contribution in [3.63, 3.8) is 0 Å². The minimum Gasteiger partial charge on any atom is -0.504 e. The predicted octanol–water partition coefficient (Wildman–Crippen LogP) is 2.01. The van der Waals surface area contributed by atoms with E-state index in [4.69, 9.17) is 4.74 Å². The molecule has 0 bridgehead atoms. The van der Waals surface area contributed by atoms with Crippen LogP contribution in [0.1, 0.15) is 18.2 Å². The number of ether oxygens (including phenoxy) is 1. The molecule has 0 fully saturated rings. The Morgan fingerprint density at radius 3 is 2.71 bits per heavy atom. The number of phenols is 1. The Hall–Kier alpha value is -1.97. The highest BCUT2D eigenvalue weighted by atomic mass is 127. The second-order valence-electron chi connectivity index (χ2n) is 5.00. The second-order valence-corrected chi connectivity index (χ2v) is 5.00. The fourth-order valence-corrected chi connectivity index (χ4v) is 2.10. The first-order valence-corrected chi connectivity index (χ1v) is 7.49. The van der Waals surface area contributed by atoms with E-state index in [0.29, 0.717) is 24.8 Å². The molecule has 7 nitrogen and oxygen atoms in total. The number of phenolic OH excluding ortho intramolecular Hbond substituents is 1. The third-order valence-corrected chi connectivity index (χ3v) is 3.37. The summed E-state index contributed by atoms with van der Waals surface area (Å²) >= 11 is 0. The molecule has 0 aliphatic heterocycles. The Morgan fingerprint density at radius 1 is 1.33 bits per heavy atom. The highest BCUT2D eigenvalue weighted by molar-refractivity contribution is 14.0. The van der Waals surface area contributed by atoms with Gasteiger partial charge in [0.05, 0.1) is 25.9 Å². The van der Waals surface area contributed by atoms with Crippen LogP contribution in [-0.4, -0.2) is 34.5 Å². The molecule has 0 atom stereocenters. The Bertz CT molecular complexity index is 672. The van der Waals surface area contributed by atoms with E-state index in [9.17, 15) is 5.11 Å². The maximum atomic E-state index is 9.80. The van der Waals surface area contributed by atoms with Gasteiger partial charge >= 0.3 is 0 Å². The van der Waals surface area contributed by atoms with E-state index in [2.05, 4.69) is 20.7 Å². The van der Waals surface area contributed by atoms with Crippen molar-refractivity contribution < 1.29 is 9.84 Å². The van der Waals surface area contributed by atoms with Crippen LogP contribution in [0.4, 0.5) is 0 Å². The summed E-state index contributed by atoms with van der Waals surface area (Å²) < 4.78 is 6.85. The minimum atomic E-state index is 0. The number of hydrogen-bond acceptors (Lipinski definition) is 4. The molecule has 0 aliphatic carbocycles. The standard InChI is InChI=1S/C16H23N5O2.HI/c1-4-17-16(19-11-13-7-8-20-21(13)2)18-10-12-5-6-15(23-3)14(22)9-12;/h5-9,22H,4,10-11H2,1-3H3,(H2,17,18,19);1H. The molecule has 0 aliphatic rings. The van der Waals surface area contributed by atoms with Crippen molar-refractivity contribution in [2.24, 2.45) is 12.0 Å². The van der Waals surface area contributed by atoms with Gasteiger partial charge in [-0.25, -0.2) is 4.99 Å². The zero-order chi connectivity index (χ0) is 16.7. The van der Waals surface area contributed by atoms with Crippen LogP contribution in [0.15, 0.2) is 35.5 Å². The van der Waals surface area contributed by atoms with Gasteiger partial charge in [-0.3, -0.25) is 4.68 Å². The van der Waals surface area contributed by atoms with E-state index < -0.39 is 0 Å². The predicted molar refractivity (Wildman–Crippen MR) is 105 cm³/mol. The highest BCUT2D eigenvalue weighted by Gasteiger charge is 2.04. The first-order chi connectivity index (χ1) is 11.1. The molecule has 0 amide bonds. The number of hydrogen-bond donors (Lipinski definition) is 3. The van der Waals surface area contributed by atoms with Gasteiger partial charge < -0.3 is 20.5 Å². The summed E-state index contributed by atoms with van der Waals surface area (Å²) in [6.07, 6.45) is 1.77. The molecule has 3 N–H and O–H groups in total. The fourth-order valence-electron chi connectivity index (χ4n) is 2.10. The summed E-state index contributed by atoms with van der Waals surface area (Å²) in [5, 5.41) is 20.4. The number of methoxy groups -OCH3 is 1. The molecule has 2 aromatic rings. The summed E-state index contributed by atoms with van der Waals surface area (Å²) in [6.45, 7) is 3.88. The number of benzene rings is 1. The number of nitrogens with one attached hydrogen (secondary N) is 2. The van der Waals surface area contributed by atoms with Crippen LogP contribution in [-0.2, 0) is 20.1 Å². The molecule has 8 heteroatoms. The molecule has 1 aromatic heterocycles. The third kappa shape index (κ3) is 5.59. The van der Waals surface area contributed by atoms with Crippen LogP contribution in [0.3, 0.4) is 0 Å². The van der Waals surface area contributed by atoms with Crippen LogP contribution >= 0.6 is 24.0 Å². The van der Waals surface area contributed by atoms with Gasteiger partial charge in [0.1, 0.15) is 0 Å². The van der Waals surface area contributed by atoms with Crippen molar-refractivity contribution in [3.8, 4) is 11.5 Å². The van der Waals surface area contributed by atoms with Crippen LogP contribution in [0.2, 0.25) is 0 Å². The Labute approximate surface area is 159 Å². The lowest BCUT2D eigenvalue weighted by Gasteiger charge is -2.11. The van der Waals surface area contributed by atoms with Crippen LogP contribution in [0.5, 0.6) is 11.5 Å². The monoisotopic (exact) mass is 445 g/mol. The number of guanidine groups is 1. The number of halogens is 1. The van der Waals surface area contributed by atoms with Crippen molar-refractivity contribution in [1.82, 2.24) is 20.4 Å². The molecule has 0 saturated heterocycles. The van der Waals surface area contributed by atoms with Crippen LogP contribution in [0, 0.1) is 0 Å². The smallest absolute Gasteiger partial charge is 0.191 e. The van der Waals surface area contributed by atoms with Gasteiger partial charge in [-0.05, 0) is 30.7 Å². The molecule has 0 spiro atoms. The van der Waals surface area contributed by atoms with Crippen molar-refractivity contribution in [2.45, 2.75) is 20.0 Å². The van der Waals surface area contributed by atoms with E-state index in [-0.39, 0.29) is 29.7 Å². The summed E-state index contributed by atoms with van der Waals surface area (Å²) in [5.74, 6) is 1.29. The average molecular weight is 445 g/mol. The highest BCUT2D eigenvalue weighted by Crippen LogP contribution is 2.26. The summed E-state index contributed by atoms with van der Waals surface area (Å²) in [4.78, 5) is 4.52. The number of aliphatic imine (C=N–C) groups is 1. The maximum absolute atomic E-state index is 9.80. The quantitative estimate of drug-likeness (QED) is 0.360. The minimum absolute atomic E-state index is 0. The summed E-state index contributed by atoms with van der Waals surface area (Å²) in [7, 11) is 3.43. The molecule has 132 valence electrons. The lowest BCUT2D eigenvalue weighted by atomic mass is 10.2. The van der Waals surface area contributed by atoms with Crippen molar-refractivity contribution >= 4 is 29.9 Å². The van der Waals surface area contributed by atoms with Gasteiger partial charge in [-0.1, -0.05) is 6.07 Å². The Balaban J connectivity index is 0.00000288. The van der Waals surface area contributed by atoms with Gasteiger partial charge in [0, 0.05) is 19.8 Å². The molecule has 0 radical (unpaired) electrons. The maximum Gasteiger partial charge on any atom is 0.191 e. The first kappa shape index (κ1) is 20.1. The average Bonchev–Trinajstić information content (AvgIpc) is 2.95. The SMILES string of the molecule is CCNC(=NCc1ccc(OC)c(O)c1)NCc1ccnn1C.I. The van der Waals surface area contributed by atoms with Gasteiger partial charge in [0.25, 0.3) is 0 Å². The van der Waals surface area contributed by atoms with Crippen molar-refractivity contribution in [1.29, 1.82) is 0 Å². The third-order valence-electron chi connectivity index (χ3n) is 3.37. The normalized spacial score (nSPS) is 10.9. The fraction of sp³-hybridized carbons (Fsp3) is 0.375. The van der Waals surface area contributed by atoms with E-state index in [1.54, 1.807) is 18.3 Å². The lowest BCUT2D eigenvalue weighted by Crippen LogP contribution is -2.37. The second kappa shape index (κ2) is 10.0. The van der Waals surface area contributed by atoms with Gasteiger partial charge in [0.2, 0.25) is 0 Å². The van der Waals surface area contributed by atoms with E-state index in [1.165, 1.54) is 7.11 Å². The summed E-state index contributed by atoms with van der Waals surface area (Å²) in [5.41, 5.74) is 1.97. The van der Waals surface area contributed by atoms with Crippen LogP contribution < -0.4 is 15.4 Å². The number of aromatic hydroxyl groups is 1. The zero-order valence-electron chi connectivity index (χ0n) is 14.1. The van der Waals surface area contributed by atoms with Gasteiger partial charge in [0.15, 0.2) is 17.5 Å². The molecule has 0 saturated carbocycles. The van der Waals surface area contributed by atoms with E-state index in [0.717, 1.165) is 17.8 Å². The Kier molecular flexibility index (Phi) is 8.37. The topological polar surface area (TPSA) is 83.7 Å². The van der Waals surface area contributed by atoms with E-state index in [1.807, 2.05) is 30.8 Å². The largest absolute Gasteiger partial charge is 0.504 e. The van der Waals surface area contributed by atoms with Gasteiger partial charge in [-0.15, -0.1) is 24.0 Å². The number of aromatic nitrogens is 2. The molecular weight excluding hydrogens is 421 g/mol. The van der Waals surface area contributed by atoms with Crippen molar-refractivity contribution in [2.75, 3.05) is 13.7 Å². The number of aryl methyl sites for hydroxylation is 1. The molecule has 2 rings (SSSR count). The van der Waals surface area contributed by atoms with E-state index >= 15 is 0 Å². The van der Waals surface area contributed by atoms with Crippen molar-refractivity contribution in [3.05, 3.63) is 41.7 Å².